The van der Waals surface area contributed by atoms with Crippen LogP contribution in [0.25, 0.3) is 0 Å². The molecule has 0 spiro atoms. The number of amides is 2. The number of piperidine rings is 1. The first-order chi connectivity index (χ1) is 10.0. The van der Waals surface area contributed by atoms with Gasteiger partial charge in [0.25, 0.3) is 0 Å². The fraction of sp³-hybridized carbons (Fsp3) is 0.867. The van der Waals surface area contributed by atoms with Crippen molar-refractivity contribution in [3.63, 3.8) is 0 Å². The van der Waals surface area contributed by atoms with E-state index in [0.717, 1.165) is 19.3 Å². The second-order valence-corrected chi connectivity index (χ2v) is 6.28. The van der Waals surface area contributed by atoms with Crippen molar-refractivity contribution in [1.29, 1.82) is 0 Å². The van der Waals surface area contributed by atoms with E-state index in [-0.39, 0.29) is 18.7 Å². The third kappa shape index (κ3) is 3.15. The fourth-order valence-corrected chi connectivity index (χ4v) is 3.63. The van der Waals surface area contributed by atoms with E-state index in [4.69, 9.17) is 0 Å². The van der Waals surface area contributed by atoms with Gasteiger partial charge in [0.05, 0.1) is 18.1 Å². The zero-order chi connectivity index (χ0) is 15.5. The maximum Gasteiger partial charge on any atom is 0.320 e. The molecule has 0 bridgehead atoms. The Morgan fingerprint density at radius 3 is 2.43 bits per heavy atom. The molecule has 2 N–H and O–H groups in total. The molecule has 2 rings (SSSR count). The summed E-state index contributed by atoms with van der Waals surface area (Å²) in [4.78, 5) is 27.6. The van der Waals surface area contributed by atoms with Crippen LogP contribution in [0.3, 0.4) is 0 Å². The molecular formula is C15H26N2O4. The SMILES string of the molecule is CCCC1(C(=O)O)CCN(C(=O)N2CCCC2CO)CC1. The van der Waals surface area contributed by atoms with E-state index in [1.54, 1.807) is 9.80 Å². The third-order valence-corrected chi connectivity index (χ3v) is 5.01. The van der Waals surface area contributed by atoms with Crippen LogP contribution in [0.5, 0.6) is 0 Å². The van der Waals surface area contributed by atoms with Crippen molar-refractivity contribution in [1.82, 2.24) is 9.80 Å². The van der Waals surface area contributed by atoms with Gasteiger partial charge in [0.1, 0.15) is 0 Å². The number of aliphatic carboxylic acids is 1. The molecule has 0 aromatic rings. The minimum Gasteiger partial charge on any atom is -0.481 e. The quantitative estimate of drug-likeness (QED) is 0.824. The van der Waals surface area contributed by atoms with Gasteiger partial charge in [0.15, 0.2) is 0 Å². The highest BCUT2D eigenvalue weighted by molar-refractivity contribution is 5.77. The summed E-state index contributed by atoms with van der Waals surface area (Å²) in [5.41, 5.74) is -0.660. The van der Waals surface area contributed by atoms with Crippen LogP contribution in [0.4, 0.5) is 4.79 Å². The third-order valence-electron chi connectivity index (χ3n) is 5.01. The lowest BCUT2D eigenvalue weighted by atomic mass is 9.75. The number of hydrogen-bond donors (Lipinski definition) is 2. The molecule has 0 aliphatic carbocycles. The monoisotopic (exact) mass is 298 g/mol. The highest BCUT2D eigenvalue weighted by Gasteiger charge is 2.42. The van der Waals surface area contributed by atoms with E-state index < -0.39 is 11.4 Å². The van der Waals surface area contributed by atoms with Crippen molar-refractivity contribution in [3.8, 4) is 0 Å². The van der Waals surface area contributed by atoms with Crippen LogP contribution in [0.15, 0.2) is 0 Å². The minimum atomic E-state index is -0.731. The van der Waals surface area contributed by atoms with Gasteiger partial charge in [-0.3, -0.25) is 4.79 Å². The maximum absolute atomic E-state index is 12.5. The number of rotatable bonds is 4. The van der Waals surface area contributed by atoms with Crippen LogP contribution in [-0.2, 0) is 4.79 Å². The normalized spacial score (nSPS) is 25.1. The Labute approximate surface area is 125 Å². The molecule has 2 aliphatic rings. The number of aliphatic hydroxyl groups excluding tert-OH is 1. The lowest BCUT2D eigenvalue weighted by molar-refractivity contribution is -0.152. The molecular weight excluding hydrogens is 272 g/mol. The summed E-state index contributed by atoms with van der Waals surface area (Å²) in [5.74, 6) is -0.731. The molecule has 0 aromatic carbocycles. The first-order valence-electron chi connectivity index (χ1n) is 7.94. The molecule has 120 valence electrons. The largest absolute Gasteiger partial charge is 0.481 e. The van der Waals surface area contributed by atoms with E-state index in [0.29, 0.717) is 38.9 Å². The lowest BCUT2D eigenvalue weighted by Gasteiger charge is -2.40. The van der Waals surface area contributed by atoms with Crippen molar-refractivity contribution in [2.24, 2.45) is 5.41 Å². The van der Waals surface area contributed by atoms with E-state index in [1.165, 1.54) is 0 Å². The molecule has 6 nitrogen and oxygen atoms in total. The molecule has 2 amide bonds. The molecule has 0 aromatic heterocycles. The summed E-state index contributed by atoms with van der Waals surface area (Å²) in [6, 6.07) is -0.110. The van der Waals surface area contributed by atoms with E-state index >= 15 is 0 Å². The number of nitrogens with zero attached hydrogens (tertiary/aromatic N) is 2. The Morgan fingerprint density at radius 2 is 1.90 bits per heavy atom. The number of carboxylic acid groups (broad SMARTS) is 1. The standard InChI is InChI=1S/C15H26N2O4/c1-2-5-15(13(19)20)6-9-16(10-7-15)14(21)17-8-3-4-12(17)11-18/h12,18H,2-11H2,1H3,(H,19,20). The van der Waals surface area contributed by atoms with Crippen LogP contribution in [0, 0.1) is 5.41 Å². The van der Waals surface area contributed by atoms with E-state index in [1.807, 2.05) is 6.92 Å². The molecule has 2 saturated heterocycles. The summed E-state index contributed by atoms with van der Waals surface area (Å²) in [6.45, 7) is 3.70. The van der Waals surface area contributed by atoms with Crippen molar-refractivity contribution < 1.29 is 19.8 Å². The number of carboxylic acids is 1. The Balaban J connectivity index is 1.97. The van der Waals surface area contributed by atoms with Crippen molar-refractivity contribution in [2.75, 3.05) is 26.2 Å². The van der Waals surface area contributed by atoms with Gasteiger partial charge in [-0.2, -0.15) is 0 Å². The predicted molar refractivity (Wildman–Crippen MR) is 78.0 cm³/mol. The first kappa shape index (κ1) is 16.1. The van der Waals surface area contributed by atoms with Crippen molar-refractivity contribution in [3.05, 3.63) is 0 Å². The average molecular weight is 298 g/mol. The second kappa shape index (κ2) is 6.64. The topological polar surface area (TPSA) is 81.1 Å². The van der Waals surface area contributed by atoms with Crippen LogP contribution >= 0.6 is 0 Å². The Hall–Kier alpha value is -1.30. The summed E-state index contributed by atoms with van der Waals surface area (Å²) in [7, 11) is 0. The molecule has 6 heteroatoms. The van der Waals surface area contributed by atoms with Crippen molar-refractivity contribution >= 4 is 12.0 Å². The van der Waals surface area contributed by atoms with Gasteiger partial charge in [-0.1, -0.05) is 13.3 Å². The summed E-state index contributed by atoms with van der Waals surface area (Å²) in [5, 5.41) is 18.8. The smallest absolute Gasteiger partial charge is 0.320 e. The van der Waals surface area contributed by atoms with Crippen LogP contribution < -0.4 is 0 Å². The number of carbonyl (C=O) groups excluding carboxylic acids is 1. The molecule has 1 unspecified atom stereocenters. The summed E-state index contributed by atoms with van der Waals surface area (Å²) < 4.78 is 0. The lowest BCUT2D eigenvalue weighted by Crippen LogP contribution is -2.52. The second-order valence-electron chi connectivity index (χ2n) is 6.28. The van der Waals surface area contributed by atoms with Crippen molar-refractivity contribution in [2.45, 2.75) is 51.5 Å². The van der Waals surface area contributed by atoms with Crippen LogP contribution in [-0.4, -0.2) is 64.3 Å². The van der Waals surface area contributed by atoms with Crippen LogP contribution in [0.1, 0.15) is 45.4 Å². The average Bonchev–Trinajstić information content (AvgIpc) is 2.96. The molecule has 2 fully saturated rings. The molecule has 0 radical (unpaired) electrons. The summed E-state index contributed by atoms with van der Waals surface area (Å²) >= 11 is 0. The Kier molecular flexibility index (Phi) is 5.08. The first-order valence-corrected chi connectivity index (χ1v) is 7.94. The number of carbonyl (C=O) groups is 2. The molecule has 1 atom stereocenters. The van der Waals surface area contributed by atoms with Gasteiger partial charge >= 0.3 is 12.0 Å². The van der Waals surface area contributed by atoms with E-state index in [9.17, 15) is 19.8 Å². The number of hydrogen-bond acceptors (Lipinski definition) is 3. The minimum absolute atomic E-state index is 0.00841. The zero-order valence-corrected chi connectivity index (χ0v) is 12.8. The molecule has 2 aliphatic heterocycles. The van der Waals surface area contributed by atoms with Gasteiger partial charge in [-0.05, 0) is 32.1 Å². The van der Waals surface area contributed by atoms with E-state index in [2.05, 4.69) is 0 Å². The highest BCUT2D eigenvalue weighted by Crippen LogP contribution is 2.37. The van der Waals surface area contributed by atoms with Crippen LogP contribution in [0.2, 0.25) is 0 Å². The number of urea groups is 1. The predicted octanol–water partition coefficient (Wildman–Crippen LogP) is 1.53. The molecule has 2 heterocycles. The Morgan fingerprint density at radius 1 is 1.24 bits per heavy atom. The number of aliphatic hydroxyl groups is 1. The fourth-order valence-electron chi connectivity index (χ4n) is 3.63. The number of likely N-dealkylation sites (tertiary alicyclic amines) is 2. The summed E-state index contributed by atoms with van der Waals surface area (Å²) in [6.07, 6.45) is 4.36. The molecule has 21 heavy (non-hydrogen) atoms. The zero-order valence-electron chi connectivity index (χ0n) is 12.8. The highest BCUT2D eigenvalue weighted by atomic mass is 16.4. The van der Waals surface area contributed by atoms with Gasteiger partial charge in [0, 0.05) is 19.6 Å². The Bertz CT molecular complexity index is 391. The van der Waals surface area contributed by atoms with Gasteiger partial charge < -0.3 is 20.0 Å². The van der Waals surface area contributed by atoms with Gasteiger partial charge in [0.2, 0.25) is 0 Å². The maximum atomic E-state index is 12.5. The van der Waals surface area contributed by atoms with Gasteiger partial charge in [-0.15, -0.1) is 0 Å². The van der Waals surface area contributed by atoms with Gasteiger partial charge in [-0.25, -0.2) is 4.79 Å². The molecule has 0 saturated carbocycles.